The van der Waals surface area contributed by atoms with E-state index in [0.717, 1.165) is 0 Å². The minimum absolute atomic E-state index is 0.0528. The van der Waals surface area contributed by atoms with Crippen LogP contribution in [0.3, 0.4) is 0 Å². The smallest absolute Gasteiger partial charge is 0.237 e. The van der Waals surface area contributed by atoms with Crippen LogP contribution >= 0.6 is 0 Å². The van der Waals surface area contributed by atoms with E-state index in [-0.39, 0.29) is 12.1 Å². The molecule has 1 heterocycles. The summed E-state index contributed by atoms with van der Waals surface area (Å²) >= 11 is 0. The van der Waals surface area contributed by atoms with Crippen LogP contribution in [0.5, 0.6) is 0 Å². The average Bonchev–Trinajstić information content (AvgIpc) is 2.48. The first kappa shape index (κ1) is 15.4. The Bertz CT molecular complexity index is 688. The first-order valence-electron chi connectivity index (χ1n) is 6.51. The molecule has 7 heteroatoms. The molecule has 0 saturated carbocycles. The number of rotatable bonds is 5. The summed E-state index contributed by atoms with van der Waals surface area (Å²) in [5.74, 6) is -3.28. The van der Waals surface area contributed by atoms with Crippen LogP contribution in [0.1, 0.15) is 17.0 Å². The molecule has 0 saturated heterocycles. The Morgan fingerprint density at radius 3 is 2.55 bits per heavy atom. The maximum Gasteiger partial charge on any atom is 0.237 e. The van der Waals surface area contributed by atoms with Crippen molar-refractivity contribution in [3.63, 3.8) is 0 Å². The third kappa shape index (κ3) is 3.57. The van der Waals surface area contributed by atoms with Crippen LogP contribution in [-0.2, 0) is 16.1 Å². The van der Waals surface area contributed by atoms with Crippen molar-refractivity contribution < 1.29 is 14.0 Å². The van der Waals surface area contributed by atoms with E-state index >= 15 is 0 Å². The predicted molar refractivity (Wildman–Crippen MR) is 78.8 cm³/mol. The van der Waals surface area contributed by atoms with E-state index in [4.69, 9.17) is 11.5 Å². The lowest BCUT2D eigenvalue weighted by Crippen LogP contribution is -2.37. The summed E-state index contributed by atoms with van der Waals surface area (Å²) in [6.07, 6.45) is 1.50. The molecule has 1 aromatic heterocycles. The molecule has 0 aliphatic carbocycles. The molecule has 0 bridgehead atoms. The van der Waals surface area contributed by atoms with Gasteiger partial charge < -0.3 is 16.8 Å². The van der Waals surface area contributed by atoms with Gasteiger partial charge in [0.2, 0.25) is 11.8 Å². The Balaban J connectivity index is 2.12. The molecule has 114 valence electrons. The minimum Gasteiger partial charge on any atom is -0.384 e. The van der Waals surface area contributed by atoms with Crippen LogP contribution in [0.25, 0.3) is 0 Å². The number of anilines is 1. The first-order chi connectivity index (χ1) is 10.5. The van der Waals surface area contributed by atoms with Crippen LogP contribution in [0.2, 0.25) is 0 Å². The molecule has 0 radical (unpaired) electrons. The zero-order valence-corrected chi connectivity index (χ0v) is 11.6. The van der Waals surface area contributed by atoms with Crippen LogP contribution in [-0.4, -0.2) is 16.8 Å². The number of hydrogen-bond acceptors (Lipinski definition) is 4. The molecule has 2 aromatic rings. The number of halogens is 1. The molecule has 2 amide bonds. The number of nitrogen functional groups attached to an aromatic ring is 1. The van der Waals surface area contributed by atoms with Crippen LogP contribution in [0, 0.1) is 5.82 Å². The highest BCUT2D eigenvalue weighted by molar-refractivity contribution is 6.05. The Labute approximate surface area is 126 Å². The molecule has 5 N–H and O–H groups in total. The number of carbonyl (C=O) groups excluding carboxylic acids is 2. The summed E-state index contributed by atoms with van der Waals surface area (Å²) in [7, 11) is 0. The van der Waals surface area contributed by atoms with Crippen molar-refractivity contribution in [2.45, 2.75) is 12.5 Å². The zero-order chi connectivity index (χ0) is 16.1. The fraction of sp³-hybridized carbons (Fsp3) is 0.133. The van der Waals surface area contributed by atoms with Crippen LogP contribution < -0.4 is 16.8 Å². The molecule has 2 rings (SSSR count). The van der Waals surface area contributed by atoms with Crippen molar-refractivity contribution in [2.75, 3.05) is 5.73 Å². The van der Waals surface area contributed by atoms with E-state index in [9.17, 15) is 14.0 Å². The normalized spacial score (nSPS) is 11.7. The Morgan fingerprint density at radius 1 is 1.23 bits per heavy atom. The number of aromatic nitrogens is 1. The van der Waals surface area contributed by atoms with Gasteiger partial charge in [0.1, 0.15) is 17.6 Å². The van der Waals surface area contributed by atoms with Gasteiger partial charge in [-0.15, -0.1) is 0 Å². The number of nitrogens with zero attached hydrogens (tertiary/aromatic N) is 1. The predicted octanol–water partition coefficient (Wildman–Crippen LogP) is 0.688. The molecule has 1 aromatic carbocycles. The Hall–Kier alpha value is -2.96. The lowest BCUT2D eigenvalue weighted by molar-refractivity contribution is -0.130. The molecule has 0 aliphatic heterocycles. The summed E-state index contributed by atoms with van der Waals surface area (Å²) in [6, 6.07) is 8.80. The van der Waals surface area contributed by atoms with Gasteiger partial charge in [-0.25, -0.2) is 9.37 Å². The van der Waals surface area contributed by atoms with Crippen LogP contribution in [0.4, 0.5) is 10.2 Å². The van der Waals surface area contributed by atoms with Crippen molar-refractivity contribution in [3.8, 4) is 0 Å². The van der Waals surface area contributed by atoms with Gasteiger partial charge in [0.15, 0.2) is 0 Å². The number of amides is 2. The van der Waals surface area contributed by atoms with E-state index in [1.54, 1.807) is 12.1 Å². The highest BCUT2D eigenvalue weighted by atomic mass is 19.1. The van der Waals surface area contributed by atoms with Gasteiger partial charge >= 0.3 is 0 Å². The molecule has 22 heavy (non-hydrogen) atoms. The largest absolute Gasteiger partial charge is 0.384 e. The van der Waals surface area contributed by atoms with Gasteiger partial charge in [-0.2, -0.15) is 0 Å². The van der Waals surface area contributed by atoms with Crippen molar-refractivity contribution in [1.82, 2.24) is 10.3 Å². The summed E-state index contributed by atoms with van der Waals surface area (Å²) in [4.78, 5) is 27.6. The second-order valence-corrected chi connectivity index (χ2v) is 4.67. The topological polar surface area (TPSA) is 111 Å². The Morgan fingerprint density at radius 2 is 1.95 bits per heavy atom. The minimum atomic E-state index is -1.39. The highest BCUT2D eigenvalue weighted by Crippen LogP contribution is 2.19. The number of benzene rings is 1. The lowest BCUT2D eigenvalue weighted by atomic mass is 9.97. The van der Waals surface area contributed by atoms with Crippen molar-refractivity contribution in [3.05, 3.63) is 59.5 Å². The summed E-state index contributed by atoms with van der Waals surface area (Å²) in [5, 5.41) is 2.54. The maximum absolute atomic E-state index is 13.8. The first-order valence-corrected chi connectivity index (χ1v) is 6.51. The lowest BCUT2D eigenvalue weighted by Gasteiger charge is -2.14. The number of hydrogen-bond donors (Lipinski definition) is 3. The van der Waals surface area contributed by atoms with Crippen LogP contribution in [0.15, 0.2) is 42.6 Å². The second kappa shape index (κ2) is 6.66. The van der Waals surface area contributed by atoms with Crippen molar-refractivity contribution >= 4 is 17.6 Å². The van der Waals surface area contributed by atoms with Gasteiger partial charge in [-0.3, -0.25) is 9.59 Å². The molecule has 0 unspecified atom stereocenters. The number of nitrogens with one attached hydrogen (secondary N) is 1. The van der Waals surface area contributed by atoms with Gasteiger partial charge in [-0.1, -0.05) is 24.3 Å². The Kier molecular flexibility index (Phi) is 4.67. The summed E-state index contributed by atoms with van der Waals surface area (Å²) in [6.45, 7) is 0.129. The second-order valence-electron chi connectivity index (χ2n) is 4.67. The van der Waals surface area contributed by atoms with E-state index in [0.29, 0.717) is 11.4 Å². The molecule has 0 fully saturated rings. The van der Waals surface area contributed by atoms with E-state index in [1.165, 1.54) is 30.5 Å². The molecule has 1 atom stereocenters. The zero-order valence-electron chi connectivity index (χ0n) is 11.6. The van der Waals surface area contributed by atoms with Gasteiger partial charge in [0, 0.05) is 18.3 Å². The van der Waals surface area contributed by atoms with Gasteiger partial charge in [0.25, 0.3) is 0 Å². The third-order valence-electron chi connectivity index (χ3n) is 3.08. The number of primary amides is 1. The fourth-order valence-corrected chi connectivity index (χ4v) is 1.96. The molecule has 0 spiro atoms. The SMILES string of the molecule is NC(=O)[C@@H](C(=O)NCc1ccc(N)nc1)c1ccccc1F. The van der Waals surface area contributed by atoms with E-state index in [2.05, 4.69) is 10.3 Å². The van der Waals surface area contributed by atoms with E-state index in [1.807, 2.05) is 0 Å². The van der Waals surface area contributed by atoms with Gasteiger partial charge in [0.05, 0.1) is 0 Å². The monoisotopic (exact) mass is 302 g/mol. The summed E-state index contributed by atoms with van der Waals surface area (Å²) in [5.41, 5.74) is 11.3. The fourth-order valence-electron chi connectivity index (χ4n) is 1.96. The number of carbonyl (C=O) groups is 2. The van der Waals surface area contributed by atoms with Crippen molar-refractivity contribution in [1.29, 1.82) is 0 Å². The van der Waals surface area contributed by atoms with E-state index < -0.39 is 23.5 Å². The number of nitrogens with two attached hydrogens (primary N) is 2. The highest BCUT2D eigenvalue weighted by Gasteiger charge is 2.28. The van der Waals surface area contributed by atoms with Crippen molar-refractivity contribution in [2.24, 2.45) is 5.73 Å². The maximum atomic E-state index is 13.8. The molecular formula is C15H15FN4O2. The molecule has 0 aliphatic rings. The number of pyridine rings is 1. The third-order valence-corrected chi connectivity index (χ3v) is 3.08. The molecular weight excluding hydrogens is 287 g/mol. The molecule has 6 nitrogen and oxygen atoms in total. The average molecular weight is 302 g/mol. The van der Waals surface area contributed by atoms with Gasteiger partial charge in [-0.05, 0) is 17.7 Å². The standard InChI is InChI=1S/C15H15FN4O2/c16-11-4-2-1-3-10(11)13(14(18)21)15(22)20-8-9-5-6-12(17)19-7-9/h1-7,13H,8H2,(H2,17,19)(H2,18,21)(H,20,22)/t13-/m0/s1. The quantitative estimate of drug-likeness (QED) is 0.705. The summed E-state index contributed by atoms with van der Waals surface area (Å²) < 4.78 is 13.8.